The molecule has 9 aliphatic heterocycles. The Hall–Kier alpha value is -10.2. The Morgan fingerprint density at radius 3 is 1.41 bits per heavy atom. The first-order valence-corrected chi connectivity index (χ1v) is 50.3. The summed E-state index contributed by atoms with van der Waals surface area (Å²) in [6, 6.07) is 55.3. The molecular weight excluding hydrogens is 1890 g/mol. The molecule has 34 nitrogen and oxygen atoms in total. The summed E-state index contributed by atoms with van der Waals surface area (Å²) in [5.74, 6) is 1.56. The van der Waals surface area contributed by atoms with Gasteiger partial charge in [0.25, 0.3) is 5.91 Å². The maximum absolute atomic E-state index is 14.3. The Bertz CT molecular complexity index is 6090. The molecule has 5 aromatic heterocycles. The largest absolute Gasteiger partial charge is 0.443 e. The van der Waals surface area contributed by atoms with E-state index in [4.69, 9.17) is 16.3 Å². The van der Waals surface area contributed by atoms with E-state index in [-0.39, 0.29) is 95.6 Å². The standard InChI is InChI=1S/C26H30N4O3S.C19H15ClFN3O3.C18H25N5O2S.C17H23N5O2S.C11H19N5O2S.CH3.Pd/c31-26(23-9-5-2-6-10-23)21-28-19-25(20-28)34(32,33)30-15-13-29(14-16-30)24-11-12-27(18-24)17-22-7-3-1-4-8-22;1-19(2,3)27-18(26)24-9-14-16(17(24)25)11(20)7-13(23-14)15-10(8-22)5-4-6-12(15)21;1-20-14-17(15-20)26(24,25)23-11-9-21(10-12-23)18-7-8-22(19-18)13-16-5-3-2-4-6-16;23-25(24,16-12-18-13-16)22-10-8-20(9-11-22)17-6-7-21(19-17)14-15-4-2-1-3-5-15;1-14-8-10(9-14)19(17,18)16-6-4-15(5-7-16)11-2-3-12-13-11;;/h1-12,18,25H,13-17,19-21H2;4-7H,9H2,1-3H3;2-8,17H,9-15H2,1H3;1-7,16,18H,8-14H2;2-3,10H,4-9H2,1H3,(H,12,13);1H3;/q;;;;;-1;. The minimum absolute atomic E-state index is 0. The third-order valence-corrected chi connectivity index (χ3v) is 33.7. The summed E-state index contributed by atoms with van der Waals surface area (Å²) in [5, 5.41) is 27.3. The zero-order chi connectivity index (χ0) is 92.4. The minimum atomic E-state index is -3.35. The number of nitrogens with zero attached hydrogens (tertiary/aromatic N) is 20. The average Bonchev–Trinajstić information content (AvgIpc) is 1.27. The van der Waals surface area contributed by atoms with E-state index >= 15 is 0 Å². The Morgan fingerprint density at radius 2 is 0.977 bits per heavy atom. The van der Waals surface area contributed by atoms with Crippen LogP contribution in [0.5, 0.6) is 0 Å². The number of amides is 2. The number of carbonyl (C=O) groups is 3. The van der Waals surface area contributed by atoms with Crippen LogP contribution in [0.4, 0.5) is 32.3 Å². The molecule has 9 aliphatic rings. The van der Waals surface area contributed by atoms with Crippen LogP contribution in [0.1, 0.15) is 69.4 Å². The van der Waals surface area contributed by atoms with Crippen LogP contribution in [-0.2, 0) is 91.4 Å². The summed E-state index contributed by atoms with van der Waals surface area (Å²) in [6.45, 7) is 21.8. The van der Waals surface area contributed by atoms with Gasteiger partial charge in [-0.25, -0.2) is 52.7 Å². The number of nitriles is 1. The molecule has 2 amide bonds. The summed E-state index contributed by atoms with van der Waals surface area (Å²) >= 11 is 6.23. The van der Waals surface area contributed by atoms with Gasteiger partial charge in [0.05, 0.1) is 77.2 Å². The second-order valence-electron chi connectivity index (χ2n) is 34.9. The van der Waals surface area contributed by atoms with E-state index in [0.29, 0.717) is 163 Å². The van der Waals surface area contributed by atoms with Gasteiger partial charge < -0.3 is 51.4 Å². The molecule has 0 unspecified atom stereocenters. The molecule has 133 heavy (non-hydrogen) atoms. The van der Waals surface area contributed by atoms with Gasteiger partial charge in [0.1, 0.15) is 38.2 Å². The van der Waals surface area contributed by atoms with E-state index in [1.807, 2.05) is 148 Å². The van der Waals surface area contributed by atoms with Gasteiger partial charge in [-0.05, 0) is 75.8 Å². The van der Waals surface area contributed by atoms with Gasteiger partial charge in [0.2, 0.25) is 40.1 Å². The molecule has 0 saturated carbocycles. The van der Waals surface area contributed by atoms with Gasteiger partial charge in [-0.15, -0.1) is 0 Å². The molecule has 8 saturated heterocycles. The van der Waals surface area contributed by atoms with Crippen molar-refractivity contribution in [2.75, 3.05) is 197 Å². The topological polar surface area (TPSA) is 354 Å². The molecule has 19 rings (SSSR count). The van der Waals surface area contributed by atoms with E-state index < -0.39 is 68.8 Å². The first kappa shape index (κ1) is 100. The number of anilines is 4. The van der Waals surface area contributed by atoms with E-state index in [2.05, 4.69) is 110 Å². The molecule has 14 heterocycles. The van der Waals surface area contributed by atoms with Gasteiger partial charge in [-0.2, -0.15) is 37.8 Å². The molecule has 0 spiro atoms. The molecule has 41 heteroatoms. The van der Waals surface area contributed by atoms with E-state index in [0.717, 1.165) is 47.7 Å². The van der Waals surface area contributed by atoms with Crippen molar-refractivity contribution in [3.63, 3.8) is 0 Å². The minimum Gasteiger partial charge on any atom is -0.443 e. The van der Waals surface area contributed by atoms with Crippen LogP contribution in [-0.4, -0.2) is 332 Å². The number of likely N-dealkylation sites (tertiary alicyclic amines) is 3. The number of aromatic nitrogens is 8. The molecule has 0 radical (unpaired) electrons. The van der Waals surface area contributed by atoms with Gasteiger partial charge in [0, 0.05) is 233 Å². The van der Waals surface area contributed by atoms with E-state index in [1.165, 1.54) is 41.0 Å². The number of ether oxygens (including phenoxy) is 1. The second-order valence-corrected chi connectivity index (χ2v) is 44.2. The van der Waals surface area contributed by atoms with E-state index in [1.54, 1.807) is 56.3 Å². The van der Waals surface area contributed by atoms with Crippen molar-refractivity contribution in [2.45, 2.75) is 73.6 Å². The first-order valence-electron chi connectivity index (χ1n) is 43.9. The zero-order valence-electron chi connectivity index (χ0n) is 75.4. The van der Waals surface area contributed by atoms with Gasteiger partial charge in [-0.1, -0.05) is 139 Å². The van der Waals surface area contributed by atoms with Crippen LogP contribution >= 0.6 is 11.6 Å². The molecular formula is C92H115ClFN22O12PdS4-. The normalized spacial score (nSPS) is 18.4. The Kier molecular flexibility index (Phi) is 33.2. The molecule has 714 valence electrons. The monoisotopic (exact) mass is 2010 g/mol. The summed E-state index contributed by atoms with van der Waals surface area (Å²) < 4.78 is 133. The maximum atomic E-state index is 14.3. The molecule has 10 aromatic rings. The van der Waals surface area contributed by atoms with Gasteiger partial charge in [-0.3, -0.25) is 29.0 Å². The number of carbonyl (C=O) groups excluding carboxylic acids is 3. The second kappa shape index (κ2) is 44.1. The van der Waals surface area contributed by atoms with Crippen molar-refractivity contribution in [1.82, 2.24) is 81.4 Å². The Balaban J connectivity index is 0.000000142. The Labute approximate surface area is 797 Å². The van der Waals surface area contributed by atoms with Crippen LogP contribution in [0.2, 0.25) is 5.02 Å². The van der Waals surface area contributed by atoms with E-state index in [9.17, 15) is 57.7 Å². The number of halogens is 2. The number of piperazine rings is 4. The number of H-pyrrole nitrogens is 1. The summed E-state index contributed by atoms with van der Waals surface area (Å²) in [6.07, 6.45) is 9.06. The fourth-order valence-corrected chi connectivity index (χ4v) is 24.8. The molecule has 0 atom stereocenters. The number of fused-ring (bicyclic) bond motifs is 1. The third kappa shape index (κ3) is 24.6. The number of pyridine rings is 1. The zero-order valence-corrected chi connectivity index (χ0v) is 81.0. The SMILES string of the molecule is CC(C)(C)OC(=O)N1Cc2nc(-c3c(F)cccc3C#N)cc(Cl)c2C1=O.CN1CC(S(=O)(=O)N2CCN(c3ccn(Cc4ccccc4)n3)CC2)C1.CN1CC(S(=O)(=O)N2CCN(c3ccn[nH]3)CC2)C1.O=C(CN1CC(S(=O)(=O)N2CCN(c3ccn(Cc4ccccc4)c3)CC2)C1)c1ccccc1.O=S(=O)(C1CNC1)N1CCN(c2ccn(Cc3ccccc3)n2)CC1.[CH3-].[Pd]. The van der Waals surface area contributed by atoms with Crippen molar-refractivity contribution >= 4 is 92.6 Å². The fraction of sp³-hybridized carbons (Fsp3) is 0.424. The fourth-order valence-electron chi connectivity index (χ4n) is 16.9. The number of hydrogen-bond acceptors (Lipinski definition) is 25. The average molecular weight is 2010 g/mol. The van der Waals surface area contributed by atoms with Crippen molar-refractivity contribution in [3.05, 3.63) is 258 Å². The maximum Gasteiger partial charge on any atom is 0.417 e. The summed E-state index contributed by atoms with van der Waals surface area (Å²) in [5.41, 5.74) is 5.19. The van der Waals surface area contributed by atoms with Crippen LogP contribution in [0.15, 0.2) is 201 Å². The first-order chi connectivity index (χ1) is 62.8. The van der Waals surface area contributed by atoms with Crippen LogP contribution in [0, 0.1) is 24.6 Å². The molecule has 8 fully saturated rings. The van der Waals surface area contributed by atoms with Crippen molar-refractivity contribution in [1.29, 1.82) is 5.26 Å². The number of rotatable bonds is 22. The quantitative estimate of drug-likeness (QED) is 0.0376. The van der Waals surface area contributed by atoms with Crippen LogP contribution < -0.4 is 24.9 Å². The number of nitrogens with one attached hydrogen (secondary N) is 2. The Morgan fingerprint density at radius 1 is 0.534 bits per heavy atom. The number of Topliss-reactive ketones (excluding diaryl/α,β-unsaturated/α-hetero) is 1. The van der Waals surface area contributed by atoms with Gasteiger partial charge in [0.15, 0.2) is 17.4 Å². The predicted molar refractivity (Wildman–Crippen MR) is 507 cm³/mol. The number of ketones is 1. The number of aromatic amines is 1. The summed E-state index contributed by atoms with van der Waals surface area (Å²) in [4.78, 5) is 57.1. The molecule has 0 bridgehead atoms. The van der Waals surface area contributed by atoms with Crippen molar-refractivity contribution in [3.8, 4) is 17.3 Å². The number of sulfonamides is 4. The van der Waals surface area contributed by atoms with Crippen molar-refractivity contribution in [2.24, 2.45) is 0 Å². The molecule has 0 aliphatic carbocycles. The van der Waals surface area contributed by atoms with Crippen LogP contribution in [0.25, 0.3) is 11.3 Å². The number of hydrogen-bond donors (Lipinski definition) is 2. The number of imide groups is 1. The third-order valence-electron chi connectivity index (χ3n) is 24.5. The molecule has 2 N–H and O–H groups in total. The van der Waals surface area contributed by atoms with Gasteiger partial charge >= 0.3 is 6.09 Å². The summed E-state index contributed by atoms with van der Waals surface area (Å²) in [7, 11) is -8.87. The number of benzene rings is 5. The molecule has 5 aromatic carbocycles. The van der Waals surface area contributed by atoms with Crippen molar-refractivity contribution < 1.29 is 77.6 Å². The van der Waals surface area contributed by atoms with Crippen LogP contribution in [0.3, 0.4) is 0 Å². The predicted octanol–water partition coefficient (Wildman–Crippen LogP) is 7.53. The smallest absolute Gasteiger partial charge is 0.417 e.